The van der Waals surface area contributed by atoms with E-state index in [9.17, 15) is 4.79 Å². The molecule has 0 aliphatic rings. The summed E-state index contributed by atoms with van der Waals surface area (Å²) in [6.45, 7) is 0. The molecule has 90 valence electrons. The highest BCUT2D eigenvalue weighted by atomic mass is 79.9. The normalized spacial score (nSPS) is 10.5. The maximum Gasteiger partial charge on any atom is 0.344 e. The first-order valence-electron chi connectivity index (χ1n) is 5.29. The highest BCUT2D eigenvalue weighted by Crippen LogP contribution is 2.11. The van der Waals surface area contributed by atoms with Crippen molar-refractivity contribution in [2.24, 2.45) is 0 Å². The fraction of sp³-hybridized carbons (Fsp3) is 0. The molecule has 1 heterocycles. The van der Waals surface area contributed by atoms with Crippen LogP contribution in [-0.2, 0) is 4.74 Å². The molecule has 0 saturated heterocycles. The second-order valence-electron chi connectivity index (χ2n) is 3.50. The van der Waals surface area contributed by atoms with E-state index in [0.717, 1.165) is 10.0 Å². The van der Waals surface area contributed by atoms with E-state index in [0.29, 0.717) is 5.56 Å². The van der Waals surface area contributed by atoms with Crippen molar-refractivity contribution in [1.82, 2.24) is 4.98 Å². The summed E-state index contributed by atoms with van der Waals surface area (Å²) in [7, 11) is 0. The van der Waals surface area contributed by atoms with Gasteiger partial charge in [-0.3, -0.25) is 4.98 Å². The number of carbonyl (C=O) groups excluding carboxylic acids is 1. The van der Waals surface area contributed by atoms with E-state index in [1.54, 1.807) is 24.4 Å². The van der Waals surface area contributed by atoms with Gasteiger partial charge in [-0.25, -0.2) is 4.79 Å². The van der Waals surface area contributed by atoms with E-state index in [2.05, 4.69) is 20.9 Å². The van der Waals surface area contributed by atoms with Crippen molar-refractivity contribution in [2.75, 3.05) is 0 Å². The fourth-order valence-corrected chi connectivity index (χ4v) is 1.56. The molecule has 18 heavy (non-hydrogen) atoms. The first-order chi connectivity index (χ1) is 8.75. The molecule has 0 saturated carbocycles. The van der Waals surface area contributed by atoms with Crippen LogP contribution in [0.3, 0.4) is 0 Å². The van der Waals surface area contributed by atoms with Gasteiger partial charge in [0.25, 0.3) is 0 Å². The Morgan fingerprint density at radius 2 is 2.00 bits per heavy atom. The number of carbonyl (C=O) groups is 1. The van der Waals surface area contributed by atoms with Gasteiger partial charge in [0.1, 0.15) is 0 Å². The summed E-state index contributed by atoms with van der Waals surface area (Å²) in [5.41, 5.74) is 1.38. The third-order valence-electron chi connectivity index (χ3n) is 2.20. The van der Waals surface area contributed by atoms with Crippen LogP contribution in [-0.4, -0.2) is 11.0 Å². The maximum absolute atomic E-state index is 11.6. The highest BCUT2D eigenvalue weighted by molar-refractivity contribution is 9.10. The largest absolute Gasteiger partial charge is 0.431 e. The lowest BCUT2D eigenvalue weighted by molar-refractivity contribution is 0.0665. The van der Waals surface area contributed by atoms with Crippen molar-refractivity contribution in [3.8, 4) is 0 Å². The molecule has 0 amide bonds. The molecule has 4 heteroatoms. The average molecular weight is 304 g/mol. The van der Waals surface area contributed by atoms with Crippen LogP contribution in [0.25, 0.3) is 6.08 Å². The van der Waals surface area contributed by atoms with Gasteiger partial charge in [0.2, 0.25) is 0 Å². The van der Waals surface area contributed by atoms with Crippen molar-refractivity contribution in [2.45, 2.75) is 0 Å². The van der Waals surface area contributed by atoms with E-state index in [-0.39, 0.29) is 0 Å². The lowest BCUT2D eigenvalue weighted by Gasteiger charge is -1.98. The molecule has 0 aliphatic heterocycles. The first kappa shape index (κ1) is 12.5. The quantitative estimate of drug-likeness (QED) is 0.641. The van der Waals surface area contributed by atoms with E-state index >= 15 is 0 Å². The minimum Gasteiger partial charge on any atom is -0.431 e. The van der Waals surface area contributed by atoms with Crippen molar-refractivity contribution in [3.05, 3.63) is 70.7 Å². The van der Waals surface area contributed by atoms with Gasteiger partial charge in [0.15, 0.2) is 0 Å². The maximum atomic E-state index is 11.6. The zero-order valence-corrected chi connectivity index (χ0v) is 11.0. The Kier molecular flexibility index (Phi) is 4.25. The second-order valence-corrected chi connectivity index (χ2v) is 4.42. The highest BCUT2D eigenvalue weighted by Gasteiger charge is 2.03. The number of hydrogen-bond donors (Lipinski definition) is 0. The molecular weight excluding hydrogens is 294 g/mol. The van der Waals surface area contributed by atoms with Gasteiger partial charge in [0, 0.05) is 16.9 Å². The van der Waals surface area contributed by atoms with E-state index < -0.39 is 5.97 Å². The summed E-state index contributed by atoms with van der Waals surface area (Å²) in [4.78, 5) is 15.4. The van der Waals surface area contributed by atoms with Crippen LogP contribution >= 0.6 is 15.9 Å². The molecule has 0 spiro atoms. The molecule has 2 aromatic rings. The smallest absolute Gasteiger partial charge is 0.344 e. The van der Waals surface area contributed by atoms with E-state index in [1.165, 1.54) is 12.5 Å². The third-order valence-corrected chi connectivity index (χ3v) is 2.73. The predicted molar refractivity (Wildman–Crippen MR) is 72.8 cm³/mol. The summed E-state index contributed by atoms with van der Waals surface area (Å²) < 4.78 is 6.00. The number of halogens is 1. The molecule has 0 N–H and O–H groups in total. The van der Waals surface area contributed by atoms with Gasteiger partial charge in [-0.1, -0.05) is 28.1 Å². The molecule has 0 radical (unpaired) electrons. The van der Waals surface area contributed by atoms with Gasteiger partial charge in [0.05, 0.1) is 11.8 Å². The van der Waals surface area contributed by atoms with Gasteiger partial charge in [-0.05, 0) is 35.9 Å². The zero-order valence-electron chi connectivity index (χ0n) is 9.42. The van der Waals surface area contributed by atoms with Crippen molar-refractivity contribution in [3.63, 3.8) is 0 Å². The van der Waals surface area contributed by atoms with Crippen LogP contribution in [0.4, 0.5) is 0 Å². The second kappa shape index (κ2) is 6.12. The standard InChI is InChI=1S/C14H10BrNO2/c15-13-5-3-11(4-6-13)7-9-18-14(17)12-2-1-8-16-10-12/h1-10H. The Morgan fingerprint density at radius 3 is 2.67 bits per heavy atom. The first-order valence-corrected chi connectivity index (χ1v) is 6.08. The fourth-order valence-electron chi connectivity index (χ4n) is 1.30. The number of nitrogens with zero attached hydrogens (tertiary/aromatic N) is 1. The summed E-state index contributed by atoms with van der Waals surface area (Å²) in [5.74, 6) is -0.420. The van der Waals surface area contributed by atoms with Crippen molar-refractivity contribution < 1.29 is 9.53 Å². The Labute approximate surface area is 113 Å². The Morgan fingerprint density at radius 1 is 1.22 bits per heavy atom. The molecule has 0 unspecified atom stereocenters. The van der Waals surface area contributed by atoms with Gasteiger partial charge < -0.3 is 4.74 Å². The molecule has 0 fully saturated rings. The number of benzene rings is 1. The monoisotopic (exact) mass is 303 g/mol. The summed E-state index contributed by atoms with van der Waals surface area (Å²) >= 11 is 3.35. The number of rotatable bonds is 3. The van der Waals surface area contributed by atoms with Crippen molar-refractivity contribution in [1.29, 1.82) is 0 Å². The molecule has 1 aromatic carbocycles. The summed E-state index contributed by atoms with van der Waals surface area (Å²) in [6, 6.07) is 11.0. The van der Waals surface area contributed by atoms with Gasteiger partial charge in [-0.15, -0.1) is 0 Å². The van der Waals surface area contributed by atoms with Crippen LogP contribution in [0.1, 0.15) is 15.9 Å². The molecule has 3 nitrogen and oxygen atoms in total. The number of esters is 1. The van der Waals surface area contributed by atoms with Gasteiger partial charge >= 0.3 is 5.97 Å². The van der Waals surface area contributed by atoms with E-state index in [4.69, 9.17) is 4.74 Å². The number of ether oxygens (including phenoxy) is 1. The molecule has 1 aromatic heterocycles. The number of hydrogen-bond acceptors (Lipinski definition) is 3. The molecule has 2 rings (SSSR count). The SMILES string of the molecule is O=C(OC=Cc1ccc(Br)cc1)c1cccnc1. The van der Waals surface area contributed by atoms with Crippen LogP contribution in [0.5, 0.6) is 0 Å². The number of aromatic nitrogens is 1. The topological polar surface area (TPSA) is 39.2 Å². The minimum atomic E-state index is -0.420. The Balaban J connectivity index is 1.96. The summed E-state index contributed by atoms with van der Waals surface area (Å²) in [6.07, 6.45) is 6.17. The van der Waals surface area contributed by atoms with Crippen LogP contribution in [0.2, 0.25) is 0 Å². The lowest BCUT2D eigenvalue weighted by Crippen LogP contribution is -2.00. The molecule has 0 bridgehead atoms. The third kappa shape index (κ3) is 3.53. The van der Waals surface area contributed by atoms with Crippen LogP contribution in [0.15, 0.2) is 59.5 Å². The Hall–Kier alpha value is -1.94. The number of pyridine rings is 1. The van der Waals surface area contributed by atoms with Gasteiger partial charge in [-0.2, -0.15) is 0 Å². The zero-order chi connectivity index (χ0) is 12.8. The van der Waals surface area contributed by atoms with E-state index in [1.807, 2.05) is 24.3 Å². The van der Waals surface area contributed by atoms with Crippen molar-refractivity contribution >= 4 is 28.0 Å². The Bertz CT molecular complexity index is 550. The minimum absolute atomic E-state index is 0.420. The summed E-state index contributed by atoms with van der Waals surface area (Å²) in [5, 5.41) is 0. The molecular formula is C14H10BrNO2. The van der Waals surface area contributed by atoms with Crippen LogP contribution < -0.4 is 0 Å². The molecule has 0 atom stereocenters. The average Bonchev–Trinajstić information content (AvgIpc) is 2.42. The molecule has 0 aliphatic carbocycles. The van der Waals surface area contributed by atoms with Crippen LogP contribution in [0, 0.1) is 0 Å². The lowest BCUT2D eigenvalue weighted by atomic mass is 10.2. The predicted octanol–water partition coefficient (Wildman–Crippen LogP) is 3.67.